The molecule has 1 unspecified atom stereocenters. The van der Waals surface area contributed by atoms with E-state index in [0.717, 1.165) is 36.9 Å². The summed E-state index contributed by atoms with van der Waals surface area (Å²) < 4.78 is 38.1. The maximum absolute atomic E-state index is 13.3. The summed E-state index contributed by atoms with van der Waals surface area (Å²) in [7, 11) is 0. The van der Waals surface area contributed by atoms with Gasteiger partial charge in [-0.05, 0) is 43.2 Å². The largest absolute Gasteiger partial charge is 0.766 e. The molecule has 0 saturated heterocycles. The third-order valence-corrected chi connectivity index (χ3v) is 5.40. The molecule has 2 heterocycles. The van der Waals surface area contributed by atoms with Crippen LogP contribution in [-0.4, -0.2) is 28.3 Å². The summed E-state index contributed by atoms with van der Waals surface area (Å²) in [6.45, 7) is 0. The lowest BCUT2D eigenvalue weighted by Crippen LogP contribution is -2.13. The third-order valence-electron chi connectivity index (χ3n) is 4.90. The second-order valence-electron chi connectivity index (χ2n) is 6.61. The number of hydrogen-bond donors (Lipinski definition) is 0. The Hall–Kier alpha value is -2.45. The van der Waals surface area contributed by atoms with Crippen molar-refractivity contribution < 1.29 is 13.2 Å². The highest BCUT2D eigenvalue weighted by Crippen LogP contribution is 2.37. The molecule has 1 saturated carbocycles. The van der Waals surface area contributed by atoms with Crippen molar-refractivity contribution in [3.63, 3.8) is 0 Å². The van der Waals surface area contributed by atoms with Gasteiger partial charge < -0.3 is 9.12 Å². The topological polar surface area (TPSA) is 83.7 Å². The normalized spacial score (nSPS) is 16.4. The van der Waals surface area contributed by atoms with Gasteiger partial charge in [0.1, 0.15) is 5.82 Å². The fourth-order valence-corrected chi connectivity index (χ4v) is 3.94. The zero-order chi connectivity index (χ0) is 18.8. The van der Waals surface area contributed by atoms with Gasteiger partial charge in [-0.25, -0.2) is 19.3 Å². The first-order valence-corrected chi connectivity index (χ1v) is 9.96. The number of imidazole rings is 1. The van der Waals surface area contributed by atoms with Crippen LogP contribution in [0.25, 0.3) is 22.6 Å². The summed E-state index contributed by atoms with van der Waals surface area (Å²) in [5.41, 5.74) is 2.64. The van der Waals surface area contributed by atoms with E-state index in [2.05, 4.69) is 19.5 Å². The summed E-state index contributed by atoms with van der Waals surface area (Å²) >= 11 is -2.52. The van der Waals surface area contributed by atoms with Gasteiger partial charge in [0.25, 0.3) is 0 Å². The van der Waals surface area contributed by atoms with Crippen LogP contribution in [-0.2, 0) is 11.1 Å². The van der Waals surface area contributed by atoms with Gasteiger partial charge in [-0.3, -0.25) is 4.21 Å². The first-order chi connectivity index (χ1) is 13.1. The van der Waals surface area contributed by atoms with Gasteiger partial charge in [0, 0.05) is 28.9 Å². The number of aromatic nitrogens is 4. The van der Waals surface area contributed by atoms with Crippen LogP contribution in [0, 0.1) is 5.82 Å². The van der Waals surface area contributed by atoms with Crippen molar-refractivity contribution in [2.24, 2.45) is 0 Å². The smallest absolute Gasteiger partial charge is 0.205 e. The Labute approximate surface area is 158 Å². The molecule has 4 rings (SSSR count). The summed E-state index contributed by atoms with van der Waals surface area (Å²) in [4.78, 5) is 12.6. The van der Waals surface area contributed by atoms with Crippen molar-refractivity contribution in [2.75, 3.05) is 0 Å². The summed E-state index contributed by atoms with van der Waals surface area (Å²) in [6.07, 6.45) is 8.80. The number of rotatable bonds is 4. The van der Waals surface area contributed by atoms with Gasteiger partial charge in [0.2, 0.25) is 5.16 Å². The highest BCUT2D eigenvalue weighted by Gasteiger charge is 2.23. The minimum absolute atomic E-state index is 0.256. The second-order valence-corrected chi connectivity index (χ2v) is 7.44. The molecule has 0 aliphatic heterocycles. The van der Waals surface area contributed by atoms with Crippen LogP contribution in [0.5, 0.6) is 0 Å². The molecule has 1 aromatic carbocycles. The summed E-state index contributed by atoms with van der Waals surface area (Å²) in [5.74, 6) is -0.321. The van der Waals surface area contributed by atoms with E-state index in [0.29, 0.717) is 11.4 Å². The van der Waals surface area contributed by atoms with Crippen molar-refractivity contribution in [2.45, 2.75) is 43.3 Å². The first-order valence-electron chi connectivity index (χ1n) is 8.89. The minimum atomic E-state index is -2.52. The Morgan fingerprint density at radius 3 is 2.52 bits per heavy atom. The molecule has 0 amide bonds. The highest BCUT2D eigenvalue weighted by atomic mass is 32.2. The molecular weight excluding hydrogens is 367 g/mol. The molecule has 27 heavy (non-hydrogen) atoms. The molecule has 1 aliphatic rings. The van der Waals surface area contributed by atoms with Crippen molar-refractivity contribution in [3.8, 4) is 22.6 Å². The summed E-state index contributed by atoms with van der Waals surface area (Å²) in [5, 5.41) is -0.256. The molecule has 3 aromatic rings. The average molecular weight is 385 g/mol. The fourth-order valence-electron chi connectivity index (χ4n) is 3.62. The lowest BCUT2D eigenvalue weighted by molar-refractivity contribution is 0.355. The number of nitrogens with zero attached hydrogens (tertiary/aromatic N) is 4. The Kier molecular flexibility index (Phi) is 5.09. The fraction of sp³-hybridized carbons (Fsp3) is 0.316. The molecule has 0 spiro atoms. The van der Waals surface area contributed by atoms with E-state index in [9.17, 15) is 13.2 Å². The lowest BCUT2D eigenvalue weighted by atomic mass is 9.95. The second kappa shape index (κ2) is 7.66. The summed E-state index contributed by atoms with van der Waals surface area (Å²) in [6, 6.07) is 8.07. The van der Waals surface area contributed by atoms with Gasteiger partial charge in [-0.1, -0.05) is 19.3 Å². The quantitative estimate of drug-likeness (QED) is 0.502. The van der Waals surface area contributed by atoms with Gasteiger partial charge in [-0.2, -0.15) is 0 Å². The predicted molar refractivity (Wildman–Crippen MR) is 98.0 cm³/mol. The standard InChI is InChI=1S/C19H19FN4O2S/c20-14-8-6-13(7-9-14)17-18(16-10-11-21-19(23-16)27(25)26)24(12-22-17)15-4-2-1-3-5-15/h6-12,15H,1-5H2,(H,25,26)/p-1. The van der Waals surface area contributed by atoms with Gasteiger partial charge in [0.05, 0.1) is 23.4 Å². The number of hydrogen-bond acceptors (Lipinski definition) is 5. The van der Waals surface area contributed by atoms with Crippen LogP contribution < -0.4 is 0 Å². The molecule has 1 atom stereocenters. The Bertz CT molecular complexity index is 968. The predicted octanol–water partition coefficient (Wildman–Crippen LogP) is 3.89. The maximum atomic E-state index is 13.3. The van der Waals surface area contributed by atoms with Crippen molar-refractivity contribution in [3.05, 3.63) is 48.7 Å². The molecule has 1 fully saturated rings. The molecule has 0 N–H and O–H groups in total. The van der Waals surface area contributed by atoms with E-state index >= 15 is 0 Å². The highest BCUT2D eigenvalue weighted by molar-refractivity contribution is 7.78. The van der Waals surface area contributed by atoms with Crippen LogP contribution >= 0.6 is 0 Å². The van der Waals surface area contributed by atoms with E-state index in [1.807, 2.05) is 0 Å². The van der Waals surface area contributed by atoms with E-state index in [-0.39, 0.29) is 17.0 Å². The zero-order valence-corrected chi connectivity index (χ0v) is 15.4. The van der Waals surface area contributed by atoms with Crippen LogP contribution in [0.4, 0.5) is 4.39 Å². The van der Waals surface area contributed by atoms with Crippen molar-refractivity contribution in [1.29, 1.82) is 0 Å². The molecule has 140 valence electrons. The number of halogens is 1. The van der Waals surface area contributed by atoms with Crippen LogP contribution in [0.3, 0.4) is 0 Å². The van der Waals surface area contributed by atoms with Crippen LogP contribution in [0.1, 0.15) is 38.1 Å². The average Bonchev–Trinajstić information content (AvgIpc) is 3.14. The molecule has 8 heteroatoms. The van der Waals surface area contributed by atoms with Gasteiger partial charge >= 0.3 is 0 Å². The molecule has 0 bridgehead atoms. The molecular formula is C19H18FN4O2S-. The molecule has 6 nitrogen and oxygen atoms in total. The molecule has 1 aliphatic carbocycles. The van der Waals surface area contributed by atoms with Crippen molar-refractivity contribution >= 4 is 11.1 Å². The Balaban J connectivity index is 1.87. The SMILES string of the molecule is O=S([O-])c1nccc(-c2c(-c3ccc(F)cc3)ncn2C2CCCCC2)n1. The number of benzene rings is 1. The van der Waals surface area contributed by atoms with Gasteiger partial charge in [-0.15, -0.1) is 0 Å². The van der Waals surface area contributed by atoms with Crippen molar-refractivity contribution in [1.82, 2.24) is 19.5 Å². The van der Waals surface area contributed by atoms with E-state index in [1.54, 1.807) is 24.5 Å². The third kappa shape index (κ3) is 3.68. The minimum Gasteiger partial charge on any atom is -0.766 e. The van der Waals surface area contributed by atoms with Crippen LogP contribution in [0.2, 0.25) is 0 Å². The van der Waals surface area contributed by atoms with E-state index in [4.69, 9.17) is 0 Å². The maximum Gasteiger partial charge on any atom is 0.205 e. The molecule has 0 radical (unpaired) electrons. The molecule has 2 aromatic heterocycles. The monoisotopic (exact) mass is 385 g/mol. The van der Waals surface area contributed by atoms with E-state index in [1.165, 1.54) is 24.8 Å². The van der Waals surface area contributed by atoms with Gasteiger partial charge in [0.15, 0.2) is 0 Å². The van der Waals surface area contributed by atoms with Crippen LogP contribution in [0.15, 0.2) is 48.0 Å². The lowest BCUT2D eigenvalue weighted by Gasteiger charge is -2.25. The van der Waals surface area contributed by atoms with E-state index < -0.39 is 11.1 Å². The Morgan fingerprint density at radius 2 is 1.81 bits per heavy atom. The first kappa shape index (κ1) is 17.9. The Morgan fingerprint density at radius 1 is 1.07 bits per heavy atom. The zero-order valence-electron chi connectivity index (χ0n) is 14.5.